The van der Waals surface area contributed by atoms with E-state index in [0.29, 0.717) is 29.4 Å². The summed E-state index contributed by atoms with van der Waals surface area (Å²) in [4.78, 5) is 26.2. The molecule has 0 unspecified atom stereocenters. The second-order valence-electron chi connectivity index (χ2n) is 9.02. The van der Waals surface area contributed by atoms with E-state index in [4.69, 9.17) is 9.47 Å². The fraction of sp³-hybridized carbons (Fsp3) is 0.286. The number of ether oxygens (including phenoxy) is 2. The number of para-hydroxylation sites is 2. The highest BCUT2D eigenvalue weighted by atomic mass is 32.2. The Morgan fingerprint density at radius 2 is 1.66 bits per heavy atom. The number of carbonyl (C=O) groups excluding carboxylic acids is 2. The minimum absolute atomic E-state index is 0.0307. The van der Waals surface area contributed by atoms with Crippen molar-refractivity contribution in [2.45, 2.75) is 38.0 Å². The van der Waals surface area contributed by atoms with Crippen molar-refractivity contribution in [3.63, 3.8) is 0 Å². The zero-order valence-corrected chi connectivity index (χ0v) is 21.6. The maximum Gasteiger partial charge on any atom is 0.251 e. The number of thioether (sulfide) groups is 1. The van der Waals surface area contributed by atoms with Gasteiger partial charge in [0, 0.05) is 33.7 Å². The van der Waals surface area contributed by atoms with Gasteiger partial charge in [-0.2, -0.15) is 0 Å². The molecule has 2 N–H and O–H groups in total. The van der Waals surface area contributed by atoms with Crippen molar-refractivity contribution in [3.05, 3.63) is 83.4 Å². The largest absolute Gasteiger partial charge is 0.493 e. The number of rotatable bonds is 9. The molecule has 0 fully saturated rings. The van der Waals surface area contributed by atoms with Gasteiger partial charge < -0.3 is 20.1 Å². The Balaban J connectivity index is 1.65. The Morgan fingerprint density at radius 3 is 2.37 bits per heavy atom. The highest BCUT2D eigenvalue weighted by molar-refractivity contribution is 7.98. The molecule has 0 aromatic heterocycles. The van der Waals surface area contributed by atoms with Crippen molar-refractivity contribution < 1.29 is 19.1 Å². The lowest BCUT2D eigenvalue weighted by atomic mass is 9.95. The highest BCUT2D eigenvalue weighted by Gasteiger charge is 2.22. The van der Waals surface area contributed by atoms with E-state index in [1.807, 2.05) is 81.4 Å². The summed E-state index contributed by atoms with van der Waals surface area (Å²) >= 11 is 1.62. The van der Waals surface area contributed by atoms with Crippen LogP contribution in [0.3, 0.4) is 0 Å². The normalized spacial score (nSPS) is 11.0. The molecule has 0 radical (unpaired) electrons. The first-order chi connectivity index (χ1) is 16.7. The number of nitrogens with one attached hydrogen (secondary N) is 2. The predicted molar refractivity (Wildman–Crippen MR) is 141 cm³/mol. The minimum atomic E-state index is -0.478. The molecule has 6 nitrogen and oxygen atoms in total. The van der Waals surface area contributed by atoms with Gasteiger partial charge in [0.05, 0.1) is 19.9 Å². The summed E-state index contributed by atoms with van der Waals surface area (Å²) in [6.07, 6.45) is 0. The maximum absolute atomic E-state index is 12.8. The van der Waals surface area contributed by atoms with Gasteiger partial charge in [0.2, 0.25) is 5.91 Å². The van der Waals surface area contributed by atoms with Crippen LogP contribution in [0.2, 0.25) is 0 Å². The molecule has 0 bridgehead atoms. The fourth-order valence-electron chi connectivity index (χ4n) is 3.34. The molecule has 3 rings (SSSR count). The van der Waals surface area contributed by atoms with Crippen molar-refractivity contribution in [2.75, 3.05) is 19.5 Å². The Labute approximate surface area is 211 Å². The summed E-state index contributed by atoms with van der Waals surface area (Å²) in [6.45, 7) is 5.98. The molecule has 184 valence electrons. The molecule has 0 heterocycles. The van der Waals surface area contributed by atoms with E-state index < -0.39 is 5.41 Å². The summed E-state index contributed by atoms with van der Waals surface area (Å²) in [5.41, 5.74) is 2.74. The van der Waals surface area contributed by atoms with Gasteiger partial charge in [-0.05, 0) is 35.9 Å². The molecule has 7 heteroatoms. The van der Waals surface area contributed by atoms with Gasteiger partial charge in [0.15, 0.2) is 11.5 Å². The lowest BCUT2D eigenvalue weighted by molar-refractivity contribution is -0.123. The van der Waals surface area contributed by atoms with E-state index >= 15 is 0 Å². The van der Waals surface area contributed by atoms with Gasteiger partial charge in [-0.3, -0.25) is 9.59 Å². The minimum Gasteiger partial charge on any atom is -0.493 e. The summed E-state index contributed by atoms with van der Waals surface area (Å²) in [5.74, 6) is 1.69. The first-order valence-corrected chi connectivity index (χ1v) is 12.3. The predicted octanol–water partition coefficient (Wildman–Crippen LogP) is 5.91. The summed E-state index contributed by atoms with van der Waals surface area (Å²) in [6, 6.07) is 20.9. The zero-order valence-electron chi connectivity index (χ0n) is 20.8. The molecule has 35 heavy (non-hydrogen) atoms. The standard InChI is InChI=1S/C28H32N2O4S/c1-28(2,3)27(32)30-22-13-6-7-15-24(22)35-18-19-10-8-11-20(16-19)26(31)29-17-21-12-9-14-23(33-4)25(21)34-5/h6-16H,17-18H2,1-5H3,(H,29,31)(H,30,32). The molecular formula is C28H32N2O4S. The summed E-state index contributed by atoms with van der Waals surface area (Å²) in [5, 5.41) is 5.98. The molecule has 0 saturated carbocycles. The molecule has 3 aromatic rings. The van der Waals surface area contributed by atoms with E-state index in [-0.39, 0.29) is 11.8 Å². The molecule has 0 spiro atoms. The van der Waals surface area contributed by atoms with Crippen LogP contribution in [0.5, 0.6) is 11.5 Å². The van der Waals surface area contributed by atoms with E-state index in [0.717, 1.165) is 21.7 Å². The SMILES string of the molecule is COc1cccc(CNC(=O)c2cccc(CSc3ccccc3NC(=O)C(C)(C)C)c2)c1OC. The molecule has 0 aliphatic rings. The van der Waals surface area contributed by atoms with Crippen LogP contribution in [0.25, 0.3) is 0 Å². The van der Waals surface area contributed by atoms with E-state index in [1.54, 1.807) is 32.0 Å². The monoisotopic (exact) mass is 492 g/mol. The average molecular weight is 493 g/mol. The van der Waals surface area contributed by atoms with Gasteiger partial charge in [-0.15, -0.1) is 11.8 Å². The quantitative estimate of drug-likeness (QED) is 0.363. The molecule has 0 aliphatic heterocycles. The molecular weight excluding hydrogens is 460 g/mol. The smallest absolute Gasteiger partial charge is 0.251 e. The van der Waals surface area contributed by atoms with Crippen LogP contribution < -0.4 is 20.1 Å². The highest BCUT2D eigenvalue weighted by Crippen LogP contribution is 2.32. The van der Waals surface area contributed by atoms with Gasteiger partial charge >= 0.3 is 0 Å². The Kier molecular flexibility index (Phi) is 8.82. The van der Waals surface area contributed by atoms with Crippen LogP contribution in [-0.2, 0) is 17.1 Å². The fourth-order valence-corrected chi connectivity index (χ4v) is 4.29. The first-order valence-electron chi connectivity index (χ1n) is 11.3. The van der Waals surface area contributed by atoms with Crippen molar-refractivity contribution in [1.82, 2.24) is 5.32 Å². The van der Waals surface area contributed by atoms with Crippen LogP contribution in [0, 0.1) is 5.41 Å². The molecule has 2 amide bonds. The number of hydrogen-bond donors (Lipinski definition) is 2. The van der Waals surface area contributed by atoms with Gasteiger partial charge in [-0.25, -0.2) is 0 Å². The van der Waals surface area contributed by atoms with E-state index in [1.165, 1.54) is 0 Å². The van der Waals surface area contributed by atoms with Crippen LogP contribution in [0.4, 0.5) is 5.69 Å². The molecule has 0 saturated heterocycles. The van der Waals surface area contributed by atoms with Crippen LogP contribution >= 0.6 is 11.8 Å². The summed E-state index contributed by atoms with van der Waals surface area (Å²) in [7, 11) is 3.16. The Bertz CT molecular complexity index is 1190. The van der Waals surface area contributed by atoms with Crippen LogP contribution in [-0.4, -0.2) is 26.0 Å². The van der Waals surface area contributed by atoms with Crippen LogP contribution in [0.15, 0.2) is 71.6 Å². The molecule has 0 aliphatic carbocycles. The van der Waals surface area contributed by atoms with Crippen molar-refractivity contribution in [2.24, 2.45) is 5.41 Å². The molecule has 0 atom stereocenters. The van der Waals surface area contributed by atoms with E-state index in [9.17, 15) is 9.59 Å². The summed E-state index contributed by atoms with van der Waals surface area (Å²) < 4.78 is 10.8. The lowest BCUT2D eigenvalue weighted by Crippen LogP contribution is -2.27. The van der Waals surface area contributed by atoms with Crippen molar-refractivity contribution >= 4 is 29.3 Å². The van der Waals surface area contributed by atoms with Gasteiger partial charge in [0.25, 0.3) is 5.91 Å². The number of hydrogen-bond acceptors (Lipinski definition) is 5. The first kappa shape index (κ1) is 26.2. The lowest BCUT2D eigenvalue weighted by Gasteiger charge is -2.19. The Hall–Kier alpha value is -3.45. The van der Waals surface area contributed by atoms with Gasteiger partial charge in [-0.1, -0.05) is 57.2 Å². The second kappa shape index (κ2) is 11.8. The Morgan fingerprint density at radius 1 is 0.914 bits per heavy atom. The third kappa shape index (κ3) is 7.02. The second-order valence-corrected chi connectivity index (χ2v) is 10.0. The van der Waals surface area contributed by atoms with Crippen molar-refractivity contribution in [1.29, 1.82) is 0 Å². The number of carbonyl (C=O) groups is 2. The maximum atomic E-state index is 12.8. The topological polar surface area (TPSA) is 76.7 Å². The number of amides is 2. The zero-order chi connectivity index (χ0) is 25.4. The average Bonchev–Trinajstić information content (AvgIpc) is 2.85. The van der Waals surface area contributed by atoms with Gasteiger partial charge in [0.1, 0.15) is 0 Å². The van der Waals surface area contributed by atoms with E-state index in [2.05, 4.69) is 10.6 Å². The molecule has 3 aromatic carbocycles. The van der Waals surface area contributed by atoms with Crippen molar-refractivity contribution in [3.8, 4) is 11.5 Å². The van der Waals surface area contributed by atoms with Crippen LogP contribution in [0.1, 0.15) is 42.3 Å². The number of anilines is 1. The third-order valence-corrected chi connectivity index (χ3v) is 6.47. The number of benzene rings is 3. The number of methoxy groups -OCH3 is 2. The third-order valence-electron chi connectivity index (χ3n) is 5.32.